The molecule has 12 heavy (non-hydrogen) atoms. The second-order valence-corrected chi connectivity index (χ2v) is 2.66. The molecule has 0 amide bonds. The topological polar surface area (TPSA) is 17.1 Å². The van der Waals surface area contributed by atoms with Crippen LogP contribution in [-0.4, -0.2) is 18.1 Å². The van der Waals surface area contributed by atoms with E-state index in [1.165, 1.54) is 0 Å². The smallest absolute Gasteiger partial charge is 0.299 e. The SMILES string of the molecule is O=CC=CC1CC(F)(F)C1(F)F. The van der Waals surface area contributed by atoms with Crippen LogP contribution in [0.2, 0.25) is 0 Å². The summed E-state index contributed by atoms with van der Waals surface area (Å²) in [5.74, 6) is -9.41. The summed E-state index contributed by atoms with van der Waals surface area (Å²) in [6.45, 7) is 0. The van der Waals surface area contributed by atoms with Crippen LogP contribution >= 0.6 is 0 Å². The quantitative estimate of drug-likeness (QED) is 0.363. The Morgan fingerprint density at radius 1 is 1.25 bits per heavy atom. The molecule has 5 heteroatoms. The molecule has 0 aliphatic heterocycles. The first-order valence-electron chi connectivity index (χ1n) is 3.29. The molecule has 0 N–H and O–H groups in total. The maximum absolute atomic E-state index is 12.4. The zero-order chi connectivity index (χ0) is 9.41. The molecule has 1 aliphatic rings. The van der Waals surface area contributed by atoms with Gasteiger partial charge in [-0.25, -0.2) is 0 Å². The van der Waals surface area contributed by atoms with E-state index in [-0.39, 0.29) is 6.29 Å². The van der Waals surface area contributed by atoms with Gasteiger partial charge in [0, 0.05) is 6.42 Å². The Hall–Kier alpha value is -0.870. The highest BCUT2D eigenvalue weighted by Gasteiger charge is 2.70. The molecule has 1 atom stereocenters. The summed E-state index contributed by atoms with van der Waals surface area (Å²) in [6, 6.07) is 0. The Kier molecular flexibility index (Phi) is 1.97. The van der Waals surface area contributed by atoms with E-state index in [1.54, 1.807) is 0 Å². The van der Waals surface area contributed by atoms with E-state index in [9.17, 15) is 22.4 Å². The fraction of sp³-hybridized carbons (Fsp3) is 0.571. The van der Waals surface area contributed by atoms with Crippen LogP contribution in [0.25, 0.3) is 0 Å². The number of halogens is 4. The molecule has 1 aliphatic carbocycles. The molecule has 1 rings (SSSR count). The summed E-state index contributed by atoms with van der Waals surface area (Å²) >= 11 is 0. The minimum Gasteiger partial charge on any atom is -0.299 e. The van der Waals surface area contributed by atoms with Crippen LogP contribution in [-0.2, 0) is 4.79 Å². The molecule has 1 saturated carbocycles. The number of hydrogen-bond donors (Lipinski definition) is 0. The van der Waals surface area contributed by atoms with Gasteiger partial charge < -0.3 is 0 Å². The van der Waals surface area contributed by atoms with Crippen molar-refractivity contribution in [1.29, 1.82) is 0 Å². The van der Waals surface area contributed by atoms with Gasteiger partial charge >= 0.3 is 11.8 Å². The normalized spacial score (nSPS) is 31.5. The monoisotopic (exact) mass is 182 g/mol. The zero-order valence-corrected chi connectivity index (χ0v) is 5.94. The van der Waals surface area contributed by atoms with E-state index < -0.39 is 24.2 Å². The van der Waals surface area contributed by atoms with Gasteiger partial charge in [-0.3, -0.25) is 4.79 Å². The van der Waals surface area contributed by atoms with E-state index >= 15 is 0 Å². The van der Waals surface area contributed by atoms with Gasteiger partial charge in [-0.2, -0.15) is 17.6 Å². The molecule has 0 heterocycles. The van der Waals surface area contributed by atoms with Crippen LogP contribution < -0.4 is 0 Å². The third-order valence-electron chi connectivity index (χ3n) is 1.85. The zero-order valence-electron chi connectivity index (χ0n) is 5.94. The van der Waals surface area contributed by atoms with Crippen LogP contribution in [0.5, 0.6) is 0 Å². The van der Waals surface area contributed by atoms with E-state index in [1.807, 2.05) is 0 Å². The Balaban J connectivity index is 2.65. The van der Waals surface area contributed by atoms with Crippen molar-refractivity contribution < 1.29 is 22.4 Å². The molecule has 0 bridgehead atoms. The lowest BCUT2D eigenvalue weighted by Gasteiger charge is -2.42. The lowest BCUT2D eigenvalue weighted by molar-refractivity contribution is -0.301. The van der Waals surface area contributed by atoms with Crippen molar-refractivity contribution in [2.45, 2.75) is 18.3 Å². The number of carbonyl (C=O) groups is 1. The minimum atomic E-state index is -3.99. The van der Waals surface area contributed by atoms with Gasteiger partial charge in [-0.05, 0) is 6.08 Å². The summed E-state index contributed by atoms with van der Waals surface area (Å²) < 4.78 is 49.0. The molecule has 0 aromatic heterocycles. The fourth-order valence-corrected chi connectivity index (χ4v) is 1.05. The molecule has 0 radical (unpaired) electrons. The van der Waals surface area contributed by atoms with Crippen molar-refractivity contribution in [3.05, 3.63) is 12.2 Å². The van der Waals surface area contributed by atoms with Gasteiger partial charge in [-0.15, -0.1) is 0 Å². The minimum absolute atomic E-state index is 0.284. The number of rotatable bonds is 2. The molecular weight excluding hydrogens is 176 g/mol. The van der Waals surface area contributed by atoms with Crippen LogP contribution in [0.3, 0.4) is 0 Å². The van der Waals surface area contributed by atoms with Crippen LogP contribution in [0.1, 0.15) is 6.42 Å². The second kappa shape index (κ2) is 2.57. The van der Waals surface area contributed by atoms with Gasteiger partial charge in [0.15, 0.2) is 0 Å². The Morgan fingerprint density at radius 2 is 1.83 bits per heavy atom. The van der Waals surface area contributed by atoms with Crippen molar-refractivity contribution in [3.63, 3.8) is 0 Å². The summed E-state index contributed by atoms with van der Waals surface area (Å²) in [4.78, 5) is 9.70. The summed E-state index contributed by atoms with van der Waals surface area (Å²) in [5, 5.41) is 0. The summed E-state index contributed by atoms with van der Waals surface area (Å²) in [5.41, 5.74) is 0. The first-order chi connectivity index (χ1) is 5.42. The lowest BCUT2D eigenvalue weighted by atomic mass is 9.76. The van der Waals surface area contributed by atoms with Crippen molar-refractivity contribution >= 4 is 6.29 Å². The fourth-order valence-electron chi connectivity index (χ4n) is 1.05. The van der Waals surface area contributed by atoms with Crippen molar-refractivity contribution in [2.24, 2.45) is 5.92 Å². The third-order valence-corrected chi connectivity index (χ3v) is 1.85. The molecule has 1 unspecified atom stereocenters. The average Bonchev–Trinajstić information content (AvgIpc) is 1.97. The molecule has 0 saturated heterocycles. The molecule has 0 aromatic rings. The van der Waals surface area contributed by atoms with Crippen molar-refractivity contribution in [1.82, 2.24) is 0 Å². The van der Waals surface area contributed by atoms with Crippen molar-refractivity contribution in [2.75, 3.05) is 0 Å². The molecular formula is C7H6F4O. The highest BCUT2D eigenvalue weighted by molar-refractivity contribution is 5.64. The highest BCUT2D eigenvalue weighted by Crippen LogP contribution is 2.55. The first kappa shape index (κ1) is 9.22. The van der Waals surface area contributed by atoms with Gasteiger partial charge in [0.1, 0.15) is 6.29 Å². The summed E-state index contributed by atoms with van der Waals surface area (Å²) in [6.07, 6.45) is 1.02. The number of carbonyl (C=O) groups excluding carboxylic acids is 1. The molecule has 1 fully saturated rings. The highest BCUT2D eigenvalue weighted by atomic mass is 19.3. The number of aldehydes is 1. The standard InChI is InChI=1S/C7H6F4O/c8-6(9)4-5(2-1-3-12)7(6,10)11/h1-3,5H,4H2. The molecule has 0 spiro atoms. The van der Waals surface area contributed by atoms with E-state index in [0.29, 0.717) is 0 Å². The third kappa shape index (κ3) is 1.13. The van der Waals surface area contributed by atoms with Crippen LogP contribution in [0, 0.1) is 5.92 Å². The molecule has 1 nitrogen and oxygen atoms in total. The Labute approximate surface area is 66.1 Å². The lowest BCUT2D eigenvalue weighted by Crippen LogP contribution is -2.57. The maximum atomic E-state index is 12.4. The Bertz CT molecular complexity index is 221. The van der Waals surface area contributed by atoms with Gasteiger partial charge in [0.2, 0.25) is 0 Å². The predicted octanol–water partition coefficient (Wildman–Crippen LogP) is 2.03. The van der Waals surface area contributed by atoms with Gasteiger partial charge in [0.05, 0.1) is 5.92 Å². The molecule has 68 valence electrons. The van der Waals surface area contributed by atoms with E-state index in [2.05, 4.69) is 0 Å². The van der Waals surface area contributed by atoms with Crippen molar-refractivity contribution in [3.8, 4) is 0 Å². The van der Waals surface area contributed by atoms with Gasteiger partial charge in [-0.1, -0.05) is 6.08 Å². The maximum Gasteiger partial charge on any atom is 0.316 e. The Morgan fingerprint density at radius 3 is 2.17 bits per heavy atom. The first-order valence-corrected chi connectivity index (χ1v) is 3.29. The molecule has 0 aromatic carbocycles. The predicted molar refractivity (Wildman–Crippen MR) is 33.2 cm³/mol. The number of alkyl halides is 4. The van der Waals surface area contributed by atoms with Gasteiger partial charge in [0.25, 0.3) is 0 Å². The summed E-state index contributed by atoms with van der Waals surface area (Å²) in [7, 11) is 0. The largest absolute Gasteiger partial charge is 0.316 e. The second-order valence-electron chi connectivity index (χ2n) is 2.66. The van der Waals surface area contributed by atoms with E-state index in [0.717, 1.165) is 12.2 Å². The number of hydrogen-bond acceptors (Lipinski definition) is 1. The van der Waals surface area contributed by atoms with Crippen LogP contribution in [0.4, 0.5) is 17.6 Å². The number of allylic oxidation sites excluding steroid dienone is 2. The average molecular weight is 182 g/mol. The van der Waals surface area contributed by atoms with E-state index in [4.69, 9.17) is 0 Å². The van der Waals surface area contributed by atoms with Crippen LogP contribution in [0.15, 0.2) is 12.2 Å².